The molecule has 4 rings (SSSR count). The summed E-state index contributed by atoms with van der Waals surface area (Å²) >= 11 is 0. The van der Waals surface area contributed by atoms with Gasteiger partial charge < -0.3 is 15.0 Å². The van der Waals surface area contributed by atoms with Gasteiger partial charge >= 0.3 is 0 Å². The molecule has 3 aromatic rings. The van der Waals surface area contributed by atoms with E-state index in [1.807, 2.05) is 0 Å². The number of amides is 2. The molecular weight excluding hydrogens is 401 g/mol. The molecule has 8 nitrogen and oxygen atoms in total. The van der Waals surface area contributed by atoms with Gasteiger partial charge in [0.25, 0.3) is 11.8 Å². The highest BCUT2D eigenvalue weighted by Crippen LogP contribution is 2.16. The highest BCUT2D eigenvalue weighted by atomic mass is 19.1. The highest BCUT2D eigenvalue weighted by molar-refractivity contribution is 5.95. The molecule has 0 radical (unpaired) electrons. The lowest BCUT2D eigenvalue weighted by molar-refractivity contribution is 0.0692. The van der Waals surface area contributed by atoms with Gasteiger partial charge in [-0.1, -0.05) is 11.3 Å². The minimum Gasteiger partial charge on any atom is -0.497 e. The van der Waals surface area contributed by atoms with Gasteiger partial charge in [0.2, 0.25) is 0 Å². The lowest BCUT2D eigenvalue weighted by Gasteiger charge is -2.31. The van der Waals surface area contributed by atoms with Crippen LogP contribution in [0.1, 0.15) is 33.7 Å². The van der Waals surface area contributed by atoms with Crippen molar-refractivity contribution in [1.82, 2.24) is 25.2 Å². The molecule has 0 aliphatic carbocycles. The molecule has 0 unspecified atom stereocenters. The van der Waals surface area contributed by atoms with E-state index in [0.29, 0.717) is 42.9 Å². The summed E-state index contributed by atoms with van der Waals surface area (Å²) in [4.78, 5) is 27.0. The molecule has 2 heterocycles. The van der Waals surface area contributed by atoms with Crippen LogP contribution in [0.5, 0.6) is 5.75 Å². The average Bonchev–Trinajstić information content (AvgIpc) is 3.30. The van der Waals surface area contributed by atoms with Crippen molar-refractivity contribution in [2.75, 3.05) is 20.2 Å². The van der Waals surface area contributed by atoms with Crippen LogP contribution in [-0.4, -0.2) is 57.9 Å². The van der Waals surface area contributed by atoms with E-state index in [1.54, 1.807) is 48.4 Å². The van der Waals surface area contributed by atoms with Crippen molar-refractivity contribution < 1.29 is 18.7 Å². The molecule has 1 saturated heterocycles. The number of piperidine rings is 1. The van der Waals surface area contributed by atoms with Crippen molar-refractivity contribution in [1.29, 1.82) is 0 Å². The fraction of sp³-hybridized carbons (Fsp3) is 0.273. The van der Waals surface area contributed by atoms with E-state index in [1.165, 1.54) is 23.0 Å². The Morgan fingerprint density at radius 2 is 1.87 bits per heavy atom. The normalized spacial score (nSPS) is 14.3. The molecule has 9 heteroatoms. The number of methoxy groups -OCH3 is 1. The maximum Gasteiger partial charge on any atom is 0.276 e. The zero-order chi connectivity index (χ0) is 21.8. The van der Waals surface area contributed by atoms with Crippen molar-refractivity contribution in [3.63, 3.8) is 0 Å². The first-order valence-electron chi connectivity index (χ1n) is 9.96. The van der Waals surface area contributed by atoms with Gasteiger partial charge in [0.1, 0.15) is 11.6 Å². The predicted octanol–water partition coefficient (Wildman–Crippen LogP) is 2.45. The Morgan fingerprint density at radius 3 is 2.58 bits per heavy atom. The van der Waals surface area contributed by atoms with Gasteiger partial charge in [0.15, 0.2) is 5.69 Å². The third-order valence-corrected chi connectivity index (χ3v) is 5.25. The van der Waals surface area contributed by atoms with Gasteiger partial charge in [-0.2, -0.15) is 0 Å². The zero-order valence-electron chi connectivity index (χ0n) is 17.0. The Hall–Kier alpha value is -3.75. The Balaban J connectivity index is 1.33. The van der Waals surface area contributed by atoms with E-state index in [9.17, 15) is 14.0 Å². The quantitative estimate of drug-likeness (QED) is 0.681. The molecule has 1 fully saturated rings. The fourth-order valence-electron chi connectivity index (χ4n) is 3.50. The Bertz CT molecular complexity index is 1070. The molecule has 1 aliphatic heterocycles. The maximum absolute atomic E-state index is 13.1. The number of nitrogens with one attached hydrogen (secondary N) is 1. The molecule has 1 aliphatic rings. The van der Waals surface area contributed by atoms with Crippen LogP contribution in [0.3, 0.4) is 0 Å². The van der Waals surface area contributed by atoms with Crippen LogP contribution in [0.2, 0.25) is 0 Å². The van der Waals surface area contributed by atoms with Gasteiger partial charge in [-0.3, -0.25) is 9.59 Å². The molecule has 31 heavy (non-hydrogen) atoms. The van der Waals surface area contributed by atoms with E-state index in [-0.39, 0.29) is 29.4 Å². The highest BCUT2D eigenvalue weighted by Gasteiger charge is 2.26. The van der Waals surface area contributed by atoms with Crippen molar-refractivity contribution in [2.24, 2.45) is 0 Å². The number of ether oxygens (including phenoxy) is 1. The first-order valence-corrected chi connectivity index (χ1v) is 9.96. The van der Waals surface area contributed by atoms with Crippen LogP contribution in [0.25, 0.3) is 5.69 Å². The number of hydrogen-bond donors (Lipinski definition) is 1. The van der Waals surface area contributed by atoms with Crippen LogP contribution in [0.15, 0.2) is 54.7 Å². The molecular formula is C22H22FN5O3. The van der Waals surface area contributed by atoms with Crippen LogP contribution in [0, 0.1) is 5.82 Å². The third kappa shape index (κ3) is 4.71. The van der Waals surface area contributed by atoms with Crippen molar-refractivity contribution >= 4 is 11.8 Å². The van der Waals surface area contributed by atoms with E-state index in [2.05, 4.69) is 15.6 Å². The summed E-state index contributed by atoms with van der Waals surface area (Å²) < 4.78 is 19.7. The summed E-state index contributed by atoms with van der Waals surface area (Å²) in [5.74, 6) is -0.0971. The average molecular weight is 423 g/mol. The number of aromatic nitrogens is 3. The third-order valence-electron chi connectivity index (χ3n) is 5.25. The summed E-state index contributed by atoms with van der Waals surface area (Å²) in [6.45, 7) is 1.01. The molecule has 1 N–H and O–H groups in total. The first-order chi connectivity index (χ1) is 15.0. The molecule has 160 valence electrons. The summed E-state index contributed by atoms with van der Waals surface area (Å²) in [6, 6.07) is 12.7. The lowest BCUT2D eigenvalue weighted by Crippen LogP contribution is -2.46. The molecule has 2 amide bonds. The van der Waals surface area contributed by atoms with Gasteiger partial charge in [0.05, 0.1) is 19.0 Å². The van der Waals surface area contributed by atoms with Crippen LogP contribution in [0.4, 0.5) is 4.39 Å². The van der Waals surface area contributed by atoms with Crippen LogP contribution >= 0.6 is 0 Å². The lowest BCUT2D eigenvalue weighted by atomic mass is 10.0. The van der Waals surface area contributed by atoms with E-state index >= 15 is 0 Å². The maximum atomic E-state index is 13.1. The Kier molecular flexibility index (Phi) is 5.92. The molecule has 1 aromatic heterocycles. The molecule has 0 bridgehead atoms. The topological polar surface area (TPSA) is 89.4 Å². The van der Waals surface area contributed by atoms with Gasteiger partial charge in [0, 0.05) is 24.7 Å². The molecule has 2 aromatic carbocycles. The monoisotopic (exact) mass is 423 g/mol. The van der Waals surface area contributed by atoms with E-state index in [4.69, 9.17) is 4.74 Å². The van der Waals surface area contributed by atoms with Gasteiger partial charge in [-0.25, -0.2) is 9.07 Å². The second-order valence-electron chi connectivity index (χ2n) is 7.30. The largest absolute Gasteiger partial charge is 0.497 e. The first kappa shape index (κ1) is 20.5. The van der Waals surface area contributed by atoms with E-state index < -0.39 is 0 Å². The number of likely N-dealkylation sites (tertiary alicyclic amines) is 1. The number of rotatable bonds is 5. The molecule has 0 spiro atoms. The standard InChI is InChI=1S/C22H22FN5O3/c1-31-19-4-2-3-15(13-19)21(29)24-17-9-11-27(12-10-17)22(30)20-14-28(26-25-20)18-7-5-16(23)6-8-18/h2-8,13-14,17H,9-12H2,1H3,(H,24,29). The van der Waals surface area contributed by atoms with Crippen molar-refractivity contribution in [2.45, 2.75) is 18.9 Å². The predicted molar refractivity (Wildman–Crippen MR) is 111 cm³/mol. The number of carbonyl (C=O) groups is 2. The fourth-order valence-corrected chi connectivity index (χ4v) is 3.50. The Morgan fingerprint density at radius 1 is 1.13 bits per heavy atom. The minimum atomic E-state index is -0.346. The molecule has 0 saturated carbocycles. The van der Waals surface area contributed by atoms with Gasteiger partial charge in [-0.05, 0) is 55.3 Å². The van der Waals surface area contributed by atoms with Gasteiger partial charge in [-0.15, -0.1) is 5.10 Å². The summed E-state index contributed by atoms with van der Waals surface area (Å²) in [7, 11) is 1.56. The number of nitrogens with zero attached hydrogens (tertiary/aromatic N) is 4. The Labute approximate surface area is 178 Å². The van der Waals surface area contributed by atoms with E-state index in [0.717, 1.165) is 0 Å². The van der Waals surface area contributed by atoms with Crippen molar-refractivity contribution in [3.05, 3.63) is 71.8 Å². The number of hydrogen-bond acceptors (Lipinski definition) is 5. The number of carbonyl (C=O) groups excluding carboxylic acids is 2. The number of benzene rings is 2. The molecule has 0 atom stereocenters. The smallest absolute Gasteiger partial charge is 0.276 e. The summed E-state index contributed by atoms with van der Waals surface area (Å²) in [5.41, 5.74) is 1.38. The second-order valence-corrected chi connectivity index (χ2v) is 7.30. The van der Waals surface area contributed by atoms with Crippen molar-refractivity contribution in [3.8, 4) is 11.4 Å². The zero-order valence-corrected chi connectivity index (χ0v) is 17.0. The van der Waals surface area contributed by atoms with Crippen LogP contribution in [-0.2, 0) is 0 Å². The van der Waals surface area contributed by atoms with Crippen LogP contribution < -0.4 is 10.1 Å². The number of halogens is 1. The second kappa shape index (κ2) is 8.95. The minimum absolute atomic E-state index is 0.0161. The summed E-state index contributed by atoms with van der Waals surface area (Å²) in [6.07, 6.45) is 2.83. The SMILES string of the molecule is COc1cccc(C(=O)NC2CCN(C(=O)c3cn(-c4ccc(F)cc4)nn3)CC2)c1. The summed E-state index contributed by atoms with van der Waals surface area (Å²) in [5, 5.41) is 10.9.